The van der Waals surface area contributed by atoms with Gasteiger partial charge in [0.05, 0.1) is 12.7 Å². The number of pyridine rings is 1. The molecular formula is C14H18N4O2. The van der Waals surface area contributed by atoms with Gasteiger partial charge in [0.25, 0.3) is 0 Å². The number of ether oxygens (including phenoxy) is 1. The van der Waals surface area contributed by atoms with Crippen LogP contribution in [0, 0.1) is 5.92 Å². The van der Waals surface area contributed by atoms with Crippen LogP contribution in [0.3, 0.4) is 0 Å². The second-order valence-corrected chi connectivity index (χ2v) is 5.36. The second-order valence-electron chi connectivity index (χ2n) is 5.36. The van der Waals surface area contributed by atoms with E-state index in [0.29, 0.717) is 11.5 Å². The van der Waals surface area contributed by atoms with Crippen LogP contribution in [0.4, 0.5) is 0 Å². The Bertz CT molecular complexity index is 637. The SMILES string of the molecule is COC(=O)c1ccc2nc(CC3CCN(C)C3)nn2c1. The van der Waals surface area contributed by atoms with E-state index in [1.807, 2.05) is 0 Å². The molecule has 1 aliphatic heterocycles. The molecule has 3 heterocycles. The van der Waals surface area contributed by atoms with Crippen LogP contribution in [0.25, 0.3) is 5.65 Å². The number of nitrogens with zero attached hydrogens (tertiary/aromatic N) is 4. The molecule has 106 valence electrons. The van der Waals surface area contributed by atoms with Crippen LogP contribution < -0.4 is 0 Å². The Kier molecular flexibility index (Phi) is 3.40. The molecule has 0 radical (unpaired) electrons. The molecule has 0 N–H and O–H groups in total. The molecule has 0 bridgehead atoms. The Morgan fingerprint density at radius 2 is 2.35 bits per heavy atom. The van der Waals surface area contributed by atoms with Crippen LogP contribution in [0.2, 0.25) is 0 Å². The highest BCUT2D eigenvalue weighted by Gasteiger charge is 2.21. The summed E-state index contributed by atoms with van der Waals surface area (Å²) in [6.45, 7) is 2.24. The summed E-state index contributed by atoms with van der Waals surface area (Å²) in [7, 11) is 3.51. The molecule has 3 rings (SSSR count). The number of hydrogen-bond donors (Lipinski definition) is 0. The third-order valence-electron chi connectivity index (χ3n) is 3.76. The average Bonchev–Trinajstić information content (AvgIpc) is 3.02. The first-order valence-electron chi connectivity index (χ1n) is 6.78. The third kappa shape index (κ3) is 2.51. The van der Waals surface area contributed by atoms with E-state index in [-0.39, 0.29) is 5.97 Å². The predicted octanol–water partition coefficient (Wildman–Crippen LogP) is 1.01. The van der Waals surface area contributed by atoms with Crippen molar-refractivity contribution in [3.05, 3.63) is 29.7 Å². The van der Waals surface area contributed by atoms with Gasteiger partial charge >= 0.3 is 5.97 Å². The zero-order valence-electron chi connectivity index (χ0n) is 11.7. The molecule has 1 fully saturated rings. The zero-order valence-corrected chi connectivity index (χ0v) is 11.7. The second kappa shape index (κ2) is 5.20. The average molecular weight is 274 g/mol. The maximum atomic E-state index is 11.5. The summed E-state index contributed by atoms with van der Waals surface area (Å²) >= 11 is 0. The summed E-state index contributed by atoms with van der Waals surface area (Å²) in [5.74, 6) is 1.10. The van der Waals surface area contributed by atoms with E-state index in [1.165, 1.54) is 13.5 Å². The minimum atomic E-state index is -0.360. The molecule has 0 aliphatic carbocycles. The van der Waals surface area contributed by atoms with Crippen molar-refractivity contribution in [1.82, 2.24) is 19.5 Å². The van der Waals surface area contributed by atoms with Crippen molar-refractivity contribution in [2.45, 2.75) is 12.8 Å². The summed E-state index contributed by atoms with van der Waals surface area (Å²) in [5.41, 5.74) is 1.25. The van der Waals surface area contributed by atoms with E-state index in [4.69, 9.17) is 4.74 Å². The van der Waals surface area contributed by atoms with Crippen LogP contribution in [-0.2, 0) is 11.2 Å². The largest absolute Gasteiger partial charge is 0.465 e. The highest BCUT2D eigenvalue weighted by Crippen LogP contribution is 2.18. The standard InChI is InChI=1S/C14H18N4O2/c1-17-6-5-10(8-17)7-12-15-13-4-3-11(14(19)20-2)9-18(13)16-12/h3-4,9-10H,5-8H2,1-2H3. The monoisotopic (exact) mass is 274 g/mol. The lowest BCUT2D eigenvalue weighted by molar-refractivity contribution is 0.0600. The number of likely N-dealkylation sites (tertiary alicyclic amines) is 1. The molecule has 1 saturated heterocycles. The van der Waals surface area contributed by atoms with Crippen molar-refractivity contribution in [1.29, 1.82) is 0 Å². The number of esters is 1. The summed E-state index contributed by atoms with van der Waals surface area (Å²) in [6, 6.07) is 3.51. The van der Waals surface area contributed by atoms with Gasteiger partial charge in [-0.25, -0.2) is 14.3 Å². The van der Waals surface area contributed by atoms with E-state index in [9.17, 15) is 4.79 Å². The van der Waals surface area contributed by atoms with E-state index in [0.717, 1.165) is 31.0 Å². The molecule has 1 unspecified atom stereocenters. The number of fused-ring (bicyclic) bond motifs is 1. The van der Waals surface area contributed by atoms with Gasteiger partial charge in [0, 0.05) is 19.2 Å². The lowest BCUT2D eigenvalue weighted by Gasteiger charge is -2.07. The van der Waals surface area contributed by atoms with Crippen molar-refractivity contribution < 1.29 is 9.53 Å². The molecule has 1 aliphatic rings. The van der Waals surface area contributed by atoms with Crippen LogP contribution in [0.5, 0.6) is 0 Å². The van der Waals surface area contributed by atoms with Crippen molar-refractivity contribution in [3.8, 4) is 0 Å². The maximum Gasteiger partial charge on any atom is 0.339 e. The molecule has 1 atom stereocenters. The van der Waals surface area contributed by atoms with Crippen LogP contribution >= 0.6 is 0 Å². The molecule has 2 aromatic rings. The number of aromatic nitrogens is 3. The number of hydrogen-bond acceptors (Lipinski definition) is 5. The molecule has 0 spiro atoms. The first-order valence-corrected chi connectivity index (χ1v) is 6.78. The van der Waals surface area contributed by atoms with Gasteiger partial charge in [-0.05, 0) is 38.1 Å². The lowest BCUT2D eigenvalue weighted by atomic mass is 10.1. The predicted molar refractivity (Wildman–Crippen MR) is 73.6 cm³/mol. The van der Waals surface area contributed by atoms with Gasteiger partial charge in [-0.2, -0.15) is 5.10 Å². The Labute approximate surface area is 117 Å². The van der Waals surface area contributed by atoms with Crippen LogP contribution in [0.15, 0.2) is 18.3 Å². The molecule has 2 aromatic heterocycles. The lowest BCUT2D eigenvalue weighted by Crippen LogP contribution is -2.15. The Balaban J connectivity index is 1.81. The summed E-state index contributed by atoms with van der Waals surface area (Å²) in [5, 5.41) is 4.46. The Morgan fingerprint density at radius 3 is 3.05 bits per heavy atom. The molecule has 0 amide bonds. The first kappa shape index (κ1) is 13.1. The molecule has 0 aromatic carbocycles. The normalized spacial score (nSPS) is 19.6. The number of carbonyl (C=O) groups excluding carboxylic acids is 1. The van der Waals surface area contributed by atoms with E-state index >= 15 is 0 Å². The van der Waals surface area contributed by atoms with E-state index in [1.54, 1.807) is 22.8 Å². The van der Waals surface area contributed by atoms with Crippen LogP contribution in [0.1, 0.15) is 22.6 Å². The van der Waals surface area contributed by atoms with Gasteiger partial charge in [0.2, 0.25) is 0 Å². The van der Waals surface area contributed by atoms with Crippen LogP contribution in [-0.4, -0.2) is 52.7 Å². The van der Waals surface area contributed by atoms with Gasteiger partial charge in [0.15, 0.2) is 11.5 Å². The molecule has 0 saturated carbocycles. The van der Waals surface area contributed by atoms with Gasteiger partial charge < -0.3 is 9.64 Å². The first-order chi connectivity index (χ1) is 9.65. The highest BCUT2D eigenvalue weighted by atomic mass is 16.5. The smallest absolute Gasteiger partial charge is 0.339 e. The topological polar surface area (TPSA) is 59.7 Å². The zero-order chi connectivity index (χ0) is 14.1. The van der Waals surface area contributed by atoms with Crippen molar-refractivity contribution in [2.24, 2.45) is 5.92 Å². The summed E-state index contributed by atoms with van der Waals surface area (Å²) in [4.78, 5) is 18.3. The van der Waals surface area contributed by atoms with E-state index < -0.39 is 0 Å². The summed E-state index contributed by atoms with van der Waals surface area (Å²) in [6.07, 6.45) is 3.75. The minimum absolute atomic E-state index is 0.360. The van der Waals surface area contributed by atoms with Crippen molar-refractivity contribution in [3.63, 3.8) is 0 Å². The van der Waals surface area contributed by atoms with Gasteiger partial charge in [-0.3, -0.25) is 0 Å². The number of methoxy groups -OCH3 is 1. The number of carbonyl (C=O) groups is 1. The van der Waals surface area contributed by atoms with Gasteiger partial charge in [-0.15, -0.1) is 0 Å². The van der Waals surface area contributed by atoms with Gasteiger partial charge in [0.1, 0.15) is 0 Å². The molecular weight excluding hydrogens is 256 g/mol. The Morgan fingerprint density at radius 1 is 1.50 bits per heavy atom. The maximum absolute atomic E-state index is 11.5. The number of rotatable bonds is 3. The third-order valence-corrected chi connectivity index (χ3v) is 3.76. The van der Waals surface area contributed by atoms with E-state index in [2.05, 4.69) is 22.0 Å². The molecule has 6 nitrogen and oxygen atoms in total. The molecule has 20 heavy (non-hydrogen) atoms. The van der Waals surface area contributed by atoms with Crippen molar-refractivity contribution >= 4 is 11.6 Å². The molecule has 6 heteroatoms. The van der Waals surface area contributed by atoms with Crippen molar-refractivity contribution in [2.75, 3.05) is 27.2 Å². The summed E-state index contributed by atoms with van der Waals surface area (Å²) < 4.78 is 6.36. The Hall–Kier alpha value is -1.95. The fourth-order valence-electron chi connectivity index (χ4n) is 2.71. The van der Waals surface area contributed by atoms with Gasteiger partial charge in [-0.1, -0.05) is 0 Å². The minimum Gasteiger partial charge on any atom is -0.465 e. The highest BCUT2D eigenvalue weighted by molar-refractivity contribution is 5.89. The fourth-order valence-corrected chi connectivity index (χ4v) is 2.71. The fraction of sp³-hybridized carbons (Fsp3) is 0.500. The quantitative estimate of drug-likeness (QED) is 0.782.